The molecule has 1 N–H and O–H groups in total. The van der Waals surface area contributed by atoms with Gasteiger partial charge in [0.05, 0.1) is 12.8 Å². The topological polar surface area (TPSA) is 134 Å². The molecule has 0 spiro atoms. The van der Waals surface area contributed by atoms with E-state index in [1.807, 2.05) is 6.07 Å². The third-order valence-corrected chi connectivity index (χ3v) is 3.67. The van der Waals surface area contributed by atoms with Gasteiger partial charge >= 0.3 is 12.1 Å². The van der Waals surface area contributed by atoms with Crippen LogP contribution in [0.15, 0.2) is 36.8 Å². The zero-order valence-corrected chi connectivity index (χ0v) is 15.1. The molecule has 0 amide bonds. The number of alkyl halides is 3. The molecule has 150 valence electrons. The SMILES string of the molecule is COC(=O)C(F)(F)F.N#Cc1nccc(-c2cc[n+](CCS(=O)(=O)O)cc2)n1. The molecule has 0 fully saturated rings. The van der Waals surface area contributed by atoms with Gasteiger partial charge in [0.2, 0.25) is 5.82 Å². The average molecular weight is 419 g/mol. The van der Waals surface area contributed by atoms with Crippen molar-refractivity contribution in [2.75, 3.05) is 12.9 Å². The number of halogens is 3. The second kappa shape index (κ2) is 9.72. The third kappa shape index (κ3) is 8.06. The van der Waals surface area contributed by atoms with Gasteiger partial charge in [0, 0.05) is 23.9 Å². The third-order valence-electron chi connectivity index (χ3n) is 2.97. The Labute approximate surface area is 157 Å². The number of carbonyl (C=O) groups excluding carboxylic acids is 1. The molecule has 2 aromatic rings. The minimum absolute atomic E-state index is 0.0885. The Morgan fingerprint density at radius 1 is 1.32 bits per heavy atom. The van der Waals surface area contributed by atoms with Gasteiger partial charge < -0.3 is 4.74 Å². The standard InChI is InChI=1S/C12H10N4O3S.C3H3F3O2/c13-9-12-14-4-1-11(15-12)10-2-5-16(6-3-10)7-8-20(17,18)19;1-8-2(7)3(4,5)6/h1-6H,7-8H2;1H3/p+1. The molecule has 0 aliphatic carbocycles. The highest BCUT2D eigenvalue weighted by molar-refractivity contribution is 7.85. The predicted molar refractivity (Wildman–Crippen MR) is 86.9 cm³/mol. The summed E-state index contributed by atoms with van der Waals surface area (Å²) >= 11 is 0. The number of nitriles is 1. The number of hydrogen-bond donors (Lipinski definition) is 1. The van der Waals surface area contributed by atoms with Crippen molar-refractivity contribution in [1.82, 2.24) is 9.97 Å². The fourth-order valence-corrected chi connectivity index (χ4v) is 2.13. The van der Waals surface area contributed by atoms with Crippen molar-refractivity contribution >= 4 is 16.1 Å². The van der Waals surface area contributed by atoms with Crippen LogP contribution in [0.25, 0.3) is 11.3 Å². The highest BCUT2D eigenvalue weighted by Gasteiger charge is 2.40. The van der Waals surface area contributed by atoms with E-state index in [4.69, 9.17) is 9.81 Å². The molecule has 2 rings (SSSR count). The summed E-state index contributed by atoms with van der Waals surface area (Å²) in [4.78, 5) is 17.3. The van der Waals surface area contributed by atoms with Gasteiger partial charge in [0.25, 0.3) is 10.1 Å². The maximum absolute atomic E-state index is 11.0. The van der Waals surface area contributed by atoms with Gasteiger partial charge in [-0.25, -0.2) is 19.3 Å². The number of rotatable bonds is 4. The van der Waals surface area contributed by atoms with Crippen LogP contribution < -0.4 is 4.57 Å². The average Bonchev–Trinajstić information content (AvgIpc) is 2.65. The Kier molecular flexibility index (Phi) is 7.96. The number of aromatic nitrogens is 3. The van der Waals surface area contributed by atoms with E-state index in [1.165, 1.54) is 6.20 Å². The van der Waals surface area contributed by atoms with Crippen LogP contribution in [-0.2, 0) is 26.2 Å². The molecule has 9 nitrogen and oxygen atoms in total. The maximum Gasteiger partial charge on any atom is 0.490 e. The zero-order chi connectivity index (χ0) is 21.4. The summed E-state index contributed by atoms with van der Waals surface area (Å²) in [7, 11) is -3.29. The van der Waals surface area contributed by atoms with Gasteiger partial charge in [-0.15, -0.1) is 0 Å². The summed E-state index contributed by atoms with van der Waals surface area (Å²) < 4.78 is 67.9. The van der Waals surface area contributed by atoms with Gasteiger partial charge in [-0.1, -0.05) is 0 Å². The van der Waals surface area contributed by atoms with Crippen molar-refractivity contribution in [3.05, 3.63) is 42.6 Å². The zero-order valence-electron chi connectivity index (χ0n) is 14.3. The van der Waals surface area contributed by atoms with E-state index in [2.05, 4.69) is 14.7 Å². The first kappa shape index (κ1) is 22.9. The lowest BCUT2D eigenvalue weighted by molar-refractivity contribution is -0.692. The van der Waals surface area contributed by atoms with E-state index in [1.54, 1.807) is 35.2 Å². The van der Waals surface area contributed by atoms with Crippen LogP contribution in [0.2, 0.25) is 0 Å². The summed E-state index contributed by atoms with van der Waals surface area (Å²) in [5.74, 6) is -2.42. The molecule has 0 aliphatic rings. The number of aryl methyl sites for hydroxylation is 1. The Morgan fingerprint density at radius 2 is 1.93 bits per heavy atom. The quantitative estimate of drug-likeness (QED) is 0.439. The van der Waals surface area contributed by atoms with Crippen LogP contribution in [0.4, 0.5) is 13.2 Å². The van der Waals surface area contributed by atoms with Crippen molar-refractivity contribution < 1.29 is 40.2 Å². The molecule has 13 heteroatoms. The number of hydrogen-bond acceptors (Lipinski definition) is 7. The number of esters is 1. The lowest BCUT2D eigenvalue weighted by Crippen LogP contribution is -2.36. The van der Waals surface area contributed by atoms with Crippen LogP contribution in [0.3, 0.4) is 0 Å². The molecule has 0 bridgehead atoms. The van der Waals surface area contributed by atoms with Crippen LogP contribution in [-0.4, -0.2) is 47.9 Å². The van der Waals surface area contributed by atoms with Crippen molar-refractivity contribution in [2.45, 2.75) is 12.7 Å². The molecule has 0 aliphatic heterocycles. The molecule has 0 atom stereocenters. The van der Waals surface area contributed by atoms with E-state index in [0.717, 1.165) is 5.56 Å². The first-order valence-electron chi connectivity index (χ1n) is 7.29. The largest absolute Gasteiger partial charge is 0.490 e. The number of methoxy groups -OCH3 is 1. The van der Waals surface area contributed by atoms with Gasteiger partial charge in [-0.2, -0.15) is 26.9 Å². The van der Waals surface area contributed by atoms with E-state index >= 15 is 0 Å². The van der Waals surface area contributed by atoms with Crippen LogP contribution in [0, 0.1) is 11.3 Å². The normalized spacial score (nSPS) is 11.0. The lowest BCUT2D eigenvalue weighted by atomic mass is 10.2. The Morgan fingerprint density at radius 3 is 2.36 bits per heavy atom. The van der Waals surface area contributed by atoms with Gasteiger partial charge in [-0.3, -0.25) is 4.55 Å². The van der Waals surface area contributed by atoms with Crippen molar-refractivity contribution in [3.8, 4) is 17.3 Å². The predicted octanol–water partition coefficient (Wildman–Crippen LogP) is 0.912. The fourth-order valence-electron chi connectivity index (χ4n) is 1.69. The minimum atomic E-state index is -4.85. The Hall–Kier alpha value is -3.11. The van der Waals surface area contributed by atoms with Crippen molar-refractivity contribution in [3.63, 3.8) is 0 Å². The van der Waals surface area contributed by atoms with Crippen molar-refractivity contribution in [2.24, 2.45) is 0 Å². The number of pyridine rings is 1. The number of carbonyl (C=O) groups is 1. The van der Waals surface area contributed by atoms with E-state index in [0.29, 0.717) is 12.8 Å². The molecule has 2 heterocycles. The monoisotopic (exact) mass is 419 g/mol. The first-order valence-corrected chi connectivity index (χ1v) is 8.90. The van der Waals surface area contributed by atoms with Crippen LogP contribution in [0.1, 0.15) is 5.82 Å². The summed E-state index contributed by atoms with van der Waals surface area (Å²) in [5.41, 5.74) is 1.39. The molecular formula is C15H14F3N4O5S+. The fraction of sp³-hybridized carbons (Fsp3) is 0.267. The second-order valence-corrected chi connectivity index (χ2v) is 6.55. The minimum Gasteiger partial charge on any atom is -0.462 e. The maximum atomic E-state index is 11.0. The number of ether oxygens (including phenoxy) is 1. The summed E-state index contributed by atoms with van der Waals surface area (Å²) in [6.07, 6.45) is -0.00162. The highest BCUT2D eigenvalue weighted by Crippen LogP contribution is 2.15. The van der Waals surface area contributed by atoms with Gasteiger partial charge in [0.1, 0.15) is 11.8 Å². The lowest BCUT2D eigenvalue weighted by Gasteiger charge is -2.00. The summed E-state index contributed by atoms with van der Waals surface area (Å²) in [6, 6.07) is 7.03. The highest BCUT2D eigenvalue weighted by atomic mass is 32.2. The van der Waals surface area contributed by atoms with E-state index in [-0.39, 0.29) is 18.1 Å². The van der Waals surface area contributed by atoms with Gasteiger partial charge in [-0.05, 0) is 6.07 Å². The summed E-state index contributed by atoms with van der Waals surface area (Å²) in [6.45, 7) is 0.159. The summed E-state index contributed by atoms with van der Waals surface area (Å²) in [5, 5.41) is 8.74. The van der Waals surface area contributed by atoms with E-state index < -0.39 is 22.3 Å². The molecule has 0 radical (unpaired) electrons. The number of nitrogens with zero attached hydrogens (tertiary/aromatic N) is 4. The van der Waals surface area contributed by atoms with Crippen LogP contribution in [0.5, 0.6) is 0 Å². The smallest absolute Gasteiger partial charge is 0.462 e. The second-order valence-electron chi connectivity index (χ2n) is 4.98. The molecule has 0 unspecified atom stereocenters. The van der Waals surface area contributed by atoms with Crippen molar-refractivity contribution in [1.29, 1.82) is 5.26 Å². The molecular weight excluding hydrogens is 405 g/mol. The molecule has 0 saturated heterocycles. The molecule has 2 aromatic heterocycles. The Balaban J connectivity index is 0.000000416. The van der Waals surface area contributed by atoms with Crippen LogP contribution >= 0.6 is 0 Å². The Bertz CT molecular complexity index is 957. The van der Waals surface area contributed by atoms with E-state index in [9.17, 15) is 26.4 Å². The molecule has 28 heavy (non-hydrogen) atoms. The molecule has 0 aromatic carbocycles. The first-order chi connectivity index (χ1) is 13.0. The van der Waals surface area contributed by atoms with Gasteiger partial charge in [0.15, 0.2) is 18.9 Å². The molecule has 0 saturated carbocycles.